The first-order valence-corrected chi connectivity index (χ1v) is 5.88. The Morgan fingerprint density at radius 1 is 1.56 bits per heavy atom. The molecule has 0 radical (unpaired) electrons. The number of aryl methyl sites for hydroxylation is 1. The summed E-state index contributed by atoms with van der Waals surface area (Å²) in [4.78, 5) is 11.6. The molecule has 0 saturated heterocycles. The first-order valence-electron chi connectivity index (χ1n) is 5.50. The molecule has 0 aromatic heterocycles. The first kappa shape index (κ1) is 14.6. The molecule has 0 saturated carbocycles. The van der Waals surface area contributed by atoms with Gasteiger partial charge in [-0.25, -0.2) is 4.79 Å². The number of nitrogens with one attached hydrogen (secondary N) is 2. The van der Waals surface area contributed by atoms with Crippen LogP contribution in [0.3, 0.4) is 0 Å². The van der Waals surface area contributed by atoms with Crippen molar-refractivity contribution in [1.82, 2.24) is 5.32 Å². The highest BCUT2D eigenvalue weighted by atomic mass is 35.5. The zero-order valence-corrected chi connectivity index (χ0v) is 11.3. The molecule has 0 heterocycles. The van der Waals surface area contributed by atoms with Gasteiger partial charge in [0.25, 0.3) is 0 Å². The number of hydrogen-bond donors (Lipinski definition) is 3. The first-order chi connectivity index (χ1) is 8.47. The molecule has 1 rings (SSSR count). The van der Waals surface area contributed by atoms with Crippen molar-refractivity contribution in [3.05, 3.63) is 22.7 Å². The molecule has 2 amide bonds. The fourth-order valence-corrected chi connectivity index (χ4v) is 1.51. The summed E-state index contributed by atoms with van der Waals surface area (Å²) >= 11 is 5.97. The van der Waals surface area contributed by atoms with Crippen LogP contribution in [0.1, 0.15) is 12.5 Å². The molecular formula is C12H17ClN2O3. The molecule has 3 N–H and O–H groups in total. The van der Waals surface area contributed by atoms with Crippen LogP contribution in [0.25, 0.3) is 0 Å². The molecule has 0 aliphatic heterocycles. The zero-order chi connectivity index (χ0) is 13.7. The van der Waals surface area contributed by atoms with E-state index in [0.29, 0.717) is 16.5 Å². The average molecular weight is 273 g/mol. The molecule has 6 heteroatoms. The summed E-state index contributed by atoms with van der Waals surface area (Å²) in [5, 5.41) is 14.6. The van der Waals surface area contributed by atoms with E-state index in [9.17, 15) is 4.79 Å². The van der Waals surface area contributed by atoms with Crippen molar-refractivity contribution >= 4 is 23.3 Å². The van der Waals surface area contributed by atoms with Crippen LogP contribution < -0.4 is 15.4 Å². The van der Waals surface area contributed by atoms with Gasteiger partial charge in [0, 0.05) is 11.1 Å². The minimum absolute atomic E-state index is 0.121. The second-order valence-corrected chi connectivity index (χ2v) is 4.39. The van der Waals surface area contributed by atoms with Gasteiger partial charge in [-0.15, -0.1) is 0 Å². The third-order valence-electron chi connectivity index (χ3n) is 2.38. The Balaban J connectivity index is 2.83. The fraction of sp³-hybridized carbons (Fsp3) is 0.417. The summed E-state index contributed by atoms with van der Waals surface area (Å²) in [6, 6.07) is 2.65. The molecule has 0 fully saturated rings. The van der Waals surface area contributed by atoms with Gasteiger partial charge in [0.15, 0.2) is 0 Å². The number of methoxy groups -OCH3 is 1. The lowest BCUT2D eigenvalue weighted by Crippen LogP contribution is -2.38. The van der Waals surface area contributed by atoms with Crippen molar-refractivity contribution in [3.63, 3.8) is 0 Å². The van der Waals surface area contributed by atoms with Gasteiger partial charge in [-0.1, -0.05) is 11.6 Å². The van der Waals surface area contributed by atoms with E-state index in [1.807, 2.05) is 6.92 Å². The third kappa shape index (κ3) is 3.78. The minimum Gasteiger partial charge on any atom is -0.495 e. The largest absolute Gasteiger partial charge is 0.495 e. The fourth-order valence-electron chi connectivity index (χ4n) is 1.36. The van der Waals surface area contributed by atoms with Crippen molar-refractivity contribution < 1.29 is 14.6 Å². The van der Waals surface area contributed by atoms with E-state index < -0.39 is 6.03 Å². The Hall–Kier alpha value is -1.46. The summed E-state index contributed by atoms with van der Waals surface area (Å²) in [5.41, 5.74) is 1.37. The van der Waals surface area contributed by atoms with Crippen molar-refractivity contribution in [3.8, 4) is 5.75 Å². The third-order valence-corrected chi connectivity index (χ3v) is 2.79. The van der Waals surface area contributed by atoms with Gasteiger partial charge in [0.2, 0.25) is 0 Å². The standard InChI is InChI=1S/C12H17ClN2O3/c1-7-4-10(11(18-3)5-9(7)13)15-12(17)14-8(2)6-16/h4-5,8,16H,6H2,1-3H3,(H2,14,15,17)/t8-/m1/s1. The van der Waals surface area contributed by atoms with Gasteiger partial charge >= 0.3 is 6.03 Å². The van der Waals surface area contributed by atoms with Crippen LogP contribution in [-0.4, -0.2) is 30.9 Å². The van der Waals surface area contributed by atoms with Crippen LogP contribution in [0.4, 0.5) is 10.5 Å². The van der Waals surface area contributed by atoms with Gasteiger partial charge in [0.1, 0.15) is 5.75 Å². The average Bonchev–Trinajstić information content (AvgIpc) is 2.33. The Morgan fingerprint density at radius 3 is 2.78 bits per heavy atom. The van der Waals surface area contributed by atoms with Crippen LogP contribution >= 0.6 is 11.6 Å². The minimum atomic E-state index is -0.406. The number of rotatable bonds is 4. The number of carbonyl (C=O) groups excluding carboxylic acids is 1. The second-order valence-electron chi connectivity index (χ2n) is 3.98. The van der Waals surface area contributed by atoms with Gasteiger partial charge in [-0.2, -0.15) is 0 Å². The Morgan fingerprint density at radius 2 is 2.22 bits per heavy atom. The van der Waals surface area contributed by atoms with Gasteiger partial charge < -0.3 is 20.5 Å². The lowest BCUT2D eigenvalue weighted by Gasteiger charge is -2.15. The van der Waals surface area contributed by atoms with Crippen molar-refractivity contribution in [2.24, 2.45) is 0 Å². The molecule has 1 aromatic rings. The van der Waals surface area contributed by atoms with Crippen LogP contribution in [0.5, 0.6) is 5.75 Å². The molecule has 0 spiro atoms. The van der Waals surface area contributed by atoms with Gasteiger partial charge in [-0.05, 0) is 25.5 Å². The van der Waals surface area contributed by atoms with Gasteiger partial charge in [0.05, 0.1) is 25.4 Å². The van der Waals surface area contributed by atoms with Crippen LogP contribution in [0.2, 0.25) is 5.02 Å². The number of ether oxygens (including phenoxy) is 1. The molecule has 18 heavy (non-hydrogen) atoms. The van der Waals surface area contributed by atoms with E-state index in [1.165, 1.54) is 7.11 Å². The lowest BCUT2D eigenvalue weighted by molar-refractivity contribution is 0.229. The Kier molecular flexibility index (Phi) is 5.25. The highest BCUT2D eigenvalue weighted by molar-refractivity contribution is 6.31. The number of aliphatic hydroxyl groups is 1. The molecule has 1 aromatic carbocycles. The smallest absolute Gasteiger partial charge is 0.319 e. The van der Waals surface area contributed by atoms with Gasteiger partial charge in [-0.3, -0.25) is 0 Å². The summed E-state index contributed by atoms with van der Waals surface area (Å²) in [6.45, 7) is 3.41. The van der Waals surface area contributed by atoms with Crippen molar-refractivity contribution in [2.75, 3.05) is 19.0 Å². The monoisotopic (exact) mass is 272 g/mol. The predicted molar refractivity (Wildman–Crippen MR) is 71.4 cm³/mol. The van der Waals surface area contributed by atoms with Crippen LogP contribution in [0, 0.1) is 6.92 Å². The van der Waals surface area contributed by atoms with Crippen LogP contribution in [-0.2, 0) is 0 Å². The molecule has 0 bridgehead atoms. The highest BCUT2D eigenvalue weighted by Gasteiger charge is 2.11. The topological polar surface area (TPSA) is 70.6 Å². The summed E-state index contributed by atoms with van der Waals surface area (Å²) < 4.78 is 5.14. The van der Waals surface area contributed by atoms with E-state index in [2.05, 4.69) is 10.6 Å². The number of urea groups is 1. The van der Waals surface area contributed by atoms with Crippen LogP contribution in [0.15, 0.2) is 12.1 Å². The summed E-state index contributed by atoms with van der Waals surface area (Å²) in [7, 11) is 1.50. The number of anilines is 1. The molecule has 0 unspecified atom stereocenters. The van der Waals surface area contributed by atoms with E-state index in [0.717, 1.165) is 5.56 Å². The number of hydrogen-bond acceptors (Lipinski definition) is 3. The zero-order valence-electron chi connectivity index (χ0n) is 10.6. The number of amides is 2. The maximum Gasteiger partial charge on any atom is 0.319 e. The Bertz CT molecular complexity index is 438. The number of aliphatic hydroxyl groups excluding tert-OH is 1. The summed E-state index contributed by atoms with van der Waals surface area (Å²) in [5.74, 6) is 0.484. The van der Waals surface area contributed by atoms with E-state index in [1.54, 1.807) is 19.1 Å². The van der Waals surface area contributed by atoms with Crippen molar-refractivity contribution in [2.45, 2.75) is 19.9 Å². The molecular weight excluding hydrogens is 256 g/mol. The second kappa shape index (κ2) is 6.47. The molecule has 0 aliphatic rings. The molecule has 100 valence electrons. The normalized spacial score (nSPS) is 11.8. The molecule has 5 nitrogen and oxygen atoms in total. The highest BCUT2D eigenvalue weighted by Crippen LogP contribution is 2.30. The number of carbonyl (C=O) groups is 1. The predicted octanol–water partition coefficient (Wildman–Crippen LogP) is 2.16. The maximum atomic E-state index is 11.6. The Labute approximate surface area is 111 Å². The van der Waals surface area contributed by atoms with Crippen molar-refractivity contribution in [1.29, 1.82) is 0 Å². The number of halogens is 1. The summed E-state index contributed by atoms with van der Waals surface area (Å²) in [6.07, 6.45) is 0. The quantitative estimate of drug-likeness (QED) is 0.787. The van der Waals surface area contributed by atoms with E-state index >= 15 is 0 Å². The molecule has 1 atom stereocenters. The SMILES string of the molecule is COc1cc(Cl)c(C)cc1NC(=O)N[C@H](C)CO. The number of benzene rings is 1. The maximum absolute atomic E-state index is 11.6. The molecule has 0 aliphatic carbocycles. The van der Waals surface area contributed by atoms with E-state index in [4.69, 9.17) is 21.4 Å². The van der Waals surface area contributed by atoms with E-state index in [-0.39, 0.29) is 12.6 Å². The lowest BCUT2D eigenvalue weighted by atomic mass is 10.2.